The molecule has 31 heavy (non-hydrogen) atoms. The van der Waals surface area contributed by atoms with E-state index in [0.29, 0.717) is 17.9 Å². The lowest BCUT2D eigenvalue weighted by Gasteiger charge is -2.35. The molecule has 1 unspecified atom stereocenters. The van der Waals surface area contributed by atoms with Crippen molar-refractivity contribution < 1.29 is 14.1 Å². The van der Waals surface area contributed by atoms with Gasteiger partial charge < -0.3 is 14.5 Å². The van der Waals surface area contributed by atoms with E-state index >= 15 is 0 Å². The Bertz CT molecular complexity index is 1030. The van der Waals surface area contributed by atoms with E-state index in [4.69, 9.17) is 9.15 Å². The third kappa shape index (κ3) is 5.19. The molecule has 0 spiro atoms. The van der Waals surface area contributed by atoms with Gasteiger partial charge in [0.1, 0.15) is 11.5 Å². The van der Waals surface area contributed by atoms with Crippen LogP contribution in [0.4, 0.5) is 5.69 Å². The number of nitro groups is 1. The van der Waals surface area contributed by atoms with Crippen molar-refractivity contribution in [3.05, 3.63) is 87.7 Å². The Morgan fingerprint density at radius 1 is 1.10 bits per heavy atom. The zero-order valence-corrected chi connectivity index (χ0v) is 17.6. The summed E-state index contributed by atoms with van der Waals surface area (Å²) in [5.41, 5.74) is 3.07. The Morgan fingerprint density at radius 2 is 1.90 bits per heavy atom. The molecule has 162 valence electrons. The summed E-state index contributed by atoms with van der Waals surface area (Å²) in [4.78, 5) is 13.4. The highest BCUT2D eigenvalue weighted by Gasteiger charge is 2.23. The molecular formula is C24H27N3O4. The smallest absolute Gasteiger partial charge is 0.280 e. The van der Waals surface area contributed by atoms with E-state index in [-0.39, 0.29) is 16.7 Å². The number of benzene rings is 2. The molecule has 0 aliphatic carbocycles. The molecule has 1 saturated heterocycles. The first-order chi connectivity index (χ1) is 15.1. The second-order valence-corrected chi connectivity index (χ2v) is 7.75. The summed E-state index contributed by atoms with van der Waals surface area (Å²) in [6.07, 6.45) is 0. The Morgan fingerprint density at radius 3 is 2.68 bits per heavy atom. The lowest BCUT2D eigenvalue weighted by molar-refractivity contribution is -0.384. The van der Waals surface area contributed by atoms with Gasteiger partial charge in [-0.05, 0) is 30.7 Å². The number of ether oxygens (including phenoxy) is 1. The predicted molar refractivity (Wildman–Crippen MR) is 119 cm³/mol. The van der Waals surface area contributed by atoms with E-state index < -0.39 is 0 Å². The van der Waals surface area contributed by atoms with Crippen LogP contribution in [0.15, 0.2) is 65.1 Å². The van der Waals surface area contributed by atoms with Crippen molar-refractivity contribution in [1.29, 1.82) is 0 Å². The minimum atomic E-state index is -0.384. The molecule has 0 radical (unpaired) electrons. The summed E-state index contributed by atoms with van der Waals surface area (Å²) >= 11 is 0. The summed E-state index contributed by atoms with van der Waals surface area (Å²) in [7, 11) is 0. The molecule has 0 bridgehead atoms. The SMILES string of the molecule is Cc1cccc(C(CNCc2ccc(-c3ccccc3[N+](=O)[O-])o2)N2CCOCC2)c1. The van der Waals surface area contributed by atoms with Crippen LogP contribution in [0.5, 0.6) is 0 Å². The van der Waals surface area contributed by atoms with Gasteiger partial charge in [0.15, 0.2) is 0 Å². The van der Waals surface area contributed by atoms with Crippen molar-refractivity contribution in [3.8, 4) is 11.3 Å². The third-order valence-corrected chi connectivity index (χ3v) is 5.58. The molecule has 1 aromatic heterocycles. The Kier molecular flexibility index (Phi) is 6.76. The van der Waals surface area contributed by atoms with Crippen LogP contribution >= 0.6 is 0 Å². The first-order valence-corrected chi connectivity index (χ1v) is 10.5. The van der Waals surface area contributed by atoms with Gasteiger partial charge >= 0.3 is 0 Å². The maximum Gasteiger partial charge on any atom is 0.280 e. The normalized spacial score (nSPS) is 15.6. The Balaban J connectivity index is 1.44. The molecular weight excluding hydrogens is 394 g/mol. The minimum Gasteiger partial charge on any atom is -0.459 e. The maximum absolute atomic E-state index is 11.3. The molecule has 1 N–H and O–H groups in total. The van der Waals surface area contributed by atoms with Crippen molar-refractivity contribution in [2.75, 3.05) is 32.8 Å². The van der Waals surface area contributed by atoms with Gasteiger partial charge in [0, 0.05) is 31.7 Å². The summed E-state index contributed by atoms with van der Waals surface area (Å²) in [6, 6.07) is 19.2. The molecule has 0 amide bonds. The second-order valence-electron chi connectivity index (χ2n) is 7.75. The Hall–Kier alpha value is -3.00. The van der Waals surface area contributed by atoms with Gasteiger partial charge in [-0.15, -0.1) is 0 Å². The van der Waals surface area contributed by atoms with Crippen LogP contribution in [-0.2, 0) is 11.3 Å². The fourth-order valence-electron chi connectivity index (χ4n) is 4.02. The molecule has 4 rings (SSSR count). The number of furan rings is 1. The zero-order chi connectivity index (χ0) is 21.6. The van der Waals surface area contributed by atoms with Gasteiger partial charge in [-0.3, -0.25) is 15.0 Å². The van der Waals surface area contributed by atoms with Crippen molar-refractivity contribution in [1.82, 2.24) is 10.2 Å². The average molecular weight is 421 g/mol. The molecule has 0 saturated carbocycles. The first-order valence-electron chi connectivity index (χ1n) is 10.5. The fourth-order valence-corrected chi connectivity index (χ4v) is 4.02. The van der Waals surface area contributed by atoms with Gasteiger partial charge in [0.25, 0.3) is 5.69 Å². The zero-order valence-electron chi connectivity index (χ0n) is 17.6. The monoisotopic (exact) mass is 421 g/mol. The van der Waals surface area contributed by atoms with E-state index in [1.165, 1.54) is 17.2 Å². The summed E-state index contributed by atoms with van der Waals surface area (Å²) in [5.74, 6) is 1.26. The van der Waals surface area contributed by atoms with Gasteiger partial charge in [0.2, 0.25) is 0 Å². The number of hydrogen-bond acceptors (Lipinski definition) is 6. The highest BCUT2D eigenvalue weighted by Crippen LogP contribution is 2.31. The van der Waals surface area contributed by atoms with E-state index in [1.54, 1.807) is 24.3 Å². The van der Waals surface area contributed by atoms with Gasteiger partial charge in [-0.2, -0.15) is 0 Å². The molecule has 1 aliphatic rings. The van der Waals surface area contributed by atoms with E-state index in [2.05, 4.69) is 41.4 Å². The standard InChI is InChI=1S/C24H27N3O4/c1-18-5-4-6-19(15-18)23(26-11-13-30-14-12-26)17-25-16-20-9-10-24(31-20)21-7-2-3-8-22(21)27(28)29/h2-10,15,23,25H,11-14,16-17H2,1H3. The lowest BCUT2D eigenvalue weighted by atomic mass is 10.0. The van der Waals surface area contributed by atoms with Crippen LogP contribution in [-0.4, -0.2) is 42.7 Å². The lowest BCUT2D eigenvalue weighted by Crippen LogP contribution is -2.42. The summed E-state index contributed by atoms with van der Waals surface area (Å²) in [6.45, 7) is 6.74. The van der Waals surface area contributed by atoms with Crippen molar-refractivity contribution in [3.63, 3.8) is 0 Å². The molecule has 7 heteroatoms. The number of para-hydroxylation sites is 1. The molecule has 3 aromatic rings. The van der Waals surface area contributed by atoms with E-state index in [1.807, 2.05) is 6.07 Å². The van der Waals surface area contributed by atoms with Gasteiger partial charge in [0.05, 0.1) is 30.2 Å². The molecule has 2 aromatic carbocycles. The number of aryl methyl sites for hydroxylation is 1. The quantitative estimate of drug-likeness (QED) is 0.431. The highest BCUT2D eigenvalue weighted by molar-refractivity contribution is 5.69. The minimum absolute atomic E-state index is 0.0446. The summed E-state index contributed by atoms with van der Waals surface area (Å²) < 4.78 is 11.4. The number of nitrogens with one attached hydrogen (secondary N) is 1. The number of rotatable bonds is 8. The van der Waals surface area contributed by atoms with Gasteiger partial charge in [-0.25, -0.2) is 0 Å². The molecule has 1 fully saturated rings. The van der Waals surface area contributed by atoms with Crippen molar-refractivity contribution >= 4 is 5.69 Å². The van der Waals surface area contributed by atoms with Crippen LogP contribution in [0.25, 0.3) is 11.3 Å². The second kappa shape index (κ2) is 9.87. The van der Waals surface area contributed by atoms with E-state index in [0.717, 1.165) is 38.6 Å². The summed E-state index contributed by atoms with van der Waals surface area (Å²) in [5, 5.41) is 14.8. The number of nitrogens with zero attached hydrogens (tertiary/aromatic N) is 2. The van der Waals surface area contributed by atoms with Crippen LogP contribution in [0.3, 0.4) is 0 Å². The largest absolute Gasteiger partial charge is 0.459 e. The predicted octanol–water partition coefficient (Wildman–Crippen LogP) is 4.33. The topological polar surface area (TPSA) is 80.8 Å². The third-order valence-electron chi connectivity index (χ3n) is 5.58. The molecule has 7 nitrogen and oxygen atoms in total. The first kappa shape index (κ1) is 21.2. The van der Waals surface area contributed by atoms with Crippen molar-refractivity contribution in [2.45, 2.75) is 19.5 Å². The van der Waals surface area contributed by atoms with Crippen LogP contribution < -0.4 is 5.32 Å². The van der Waals surface area contributed by atoms with E-state index in [9.17, 15) is 10.1 Å². The van der Waals surface area contributed by atoms with Crippen LogP contribution in [0.1, 0.15) is 22.9 Å². The van der Waals surface area contributed by atoms with Crippen LogP contribution in [0.2, 0.25) is 0 Å². The Labute approximate surface area is 181 Å². The number of hydrogen-bond donors (Lipinski definition) is 1. The number of morpholine rings is 1. The number of nitro benzene ring substituents is 1. The highest BCUT2D eigenvalue weighted by atomic mass is 16.6. The van der Waals surface area contributed by atoms with Gasteiger partial charge in [-0.1, -0.05) is 42.0 Å². The average Bonchev–Trinajstić information content (AvgIpc) is 3.26. The molecule has 1 atom stereocenters. The maximum atomic E-state index is 11.3. The fraction of sp³-hybridized carbons (Fsp3) is 0.333. The van der Waals surface area contributed by atoms with Crippen LogP contribution in [0, 0.1) is 17.0 Å². The van der Waals surface area contributed by atoms with Crippen molar-refractivity contribution in [2.24, 2.45) is 0 Å². The molecule has 2 heterocycles. The molecule has 1 aliphatic heterocycles.